The van der Waals surface area contributed by atoms with E-state index in [2.05, 4.69) is 19.9 Å². The minimum atomic E-state index is -2.78. The van der Waals surface area contributed by atoms with Crippen LogP contribution in [-0.2, 0) is 9.84 Å². The van der Waals surface area contributed by atoms with Gasteiger partial charge < -0.3 is 9.88 Å². The lowest BCUT2D eigenvalue weighted by atomic mass is 9.91. The highest BCUT2D eigenvalue weighted by Gasteiger charge is 2.52. The monoisotopic (exact) mass is 278 g/mol. The summed E-state index contributed by atoms with van der Waals surface area (Å²) in [4.78, 5) is 13.8. The lowest BCUT2D eigenvalue weighted by Crippen LogP contribution is -2.50. The van der Waals surface area contributed by atoms with Crippen LogP contribution in [0, 0.1) is 5.41 Å². The second-order valence-corrected chi connectivity index (χ2v) is 7.71. The lowest BCUT2D eigenvalue weighted by Gasteiger charge is -2.37. The Labute approximate surface area is 110 Å². The van der Waals surface area contributed by atoms with Crippen molar-refractivity contribution < 1.29 is 8.42 Å². The van der Waals surface area contributed by atoms with Crippen molar-refractivity contribution in [3.8, 4) is 0 Å². The molecule has 4 heterocycles. The first-order valence-electron chi connectivity index (χ1n) is 6.31. The van der Waals surface area contributed by atoms with Gasteiger partial charge in [-0.25, -0.2) is 18.4 Å². The van der Waals surface area contributed by atoms with Gasteiger partial charge in [0.25, 0.3) is 0 Å². The fourth-order valence-corrected chi connectivity index (χ4v) is 5.61. The maximum absolute atomic E-state index is 11.4. The SMILES string of the molecule is O=S1(=O)CC2(CCN(c3ncnc4[nH]ccc34)C2)C1. The van der Waals surface area contributed by atoms with Crippen molar-refractivity contribution in [2.24, 2.45) is 5.41 Å². The Morgan fingerprint density at radius 2 is 2.16 bits per heavy atom. The molecule has 2 aliphatic heterocycles. The van der Waals surface area contributed by atoms with Crippen molar-refractivity contribution in [2.45, 2.75) is 6.42 Å². The standard InChI is InChI=1S/C12H14N4O2S/c17-19(18)6-12(7-19)2-4-16(5-12)11-9-1-3-13-10(9)14-8-15-11/h1,3,8H,2,4-7H2,(H,13,14,15). The van der Waals surface area contributed by atoms with Crippen molar-refractivity contribution in [2.75, 3.05) is 29.5 Å². The molecule has 0 atom stereocenters. The molecule has 0 amide bonds. The van der Waals surface area contributed by atoms with Crippen LogP contribution in [0.5, 0.6) is 0 Å². The quantitative estimate of drug-likeness (QED) is 0.825. The summed E-state index contributed by atoms with van der Waals surface area (Å²) in [5.74, 6) is 1.57. The lowest BCUT2D eigenvalue weighted by molar-refractivity contribution is 0.374. The maximum Gasteiger partial charge on any atom is 0.151 e. The van der Waals surface area contributed by atoms with Crippen molar-refractivity contribution >= 4 is 26.7 Å². The molecule has 100 valence electrons. The molecular weight excluding hydrogens is 264 g/mol. The van der Waals surface area contributed by atoms with Crippen molar-refractivity contribution in [3.05, 3.63) is 18.6 Å². The van der Waals surface area contributed by atoms with E-state index in [9.17, 15) is 8.42 Å². The number of nitrogens with one attached hydrogen (secondary N) is 1. The van der Waals surface area contributed by atoms with Gasteiger partial charge in [0.05, 0.1) is 16.9 Å². The molecule has 4 rings (SSSR count). The summed E-state index contributed by atoms with van der Waals surface area (Å²) in [6, 6.07) is 1.97. The van der Waals surface area contributed by atoms with Crippen molar-refractivity contribution in [3.63, 3.8) is 0 Å². The molecule has 1 spiro atoms. The van der Waals surface area contributed by atoms with Crippen LogP contribution in [-0.4, -0.2) is 48.0 Å². The molecule has 6 nitrogen and oxygen atoms in total. The average molecular weight is 278 g/mol. The molecule has 2 aliphatic rings. The van der Waals surface area contributed by atoms with Crippen LogP contribution in [0.4, 0.5) is 5.82 Å². The van der Waals surface area contributed by atoms with E-state index in [1.54, 1.807) is 6.33 Å². The summed E-state index contributed by atoms with van der Waals surface area (Å²) < 4.78 is 22.8. The zero-order chi connectivity index (χ0) is 13.1. The number of hydrogen-bond donors (Lipinski definition) is 1. The minimum absolute atomic E-state index is 0.0353. The highest BCUT2D eigenvalue weighted by molar-refractivity contribution is 7.92. The van der Waals surface area contributed by atoms with Crippen molar-refractivity contribution in [1.29, 1.82) is 0 Å². The van der Waals surface area contributed by atoms with Crippen LogP contribution in [0.15, 0.2) is 18.6 Å². The van der Waals surface area contributed by atoms with Crippen molar-refractivity contribution in [1.82, 2.24) is 15.0 Å². The topological polar surface area (TPSA) is 79.0 Å². The van der Waals surface area contributed by atoms with Gasteiger partial charge >= 0.3 is 0 Å². The number of anilines is 1. The molecule has 0 saturated carbocycles. The number of aromatic nitrogens is 3. The molecule has 7 heteroatoms. The van der Waals surface area contributed by atoms with Gasteiger partial charge in [-0.2, -0.15) is 0 Å². The minimum Gasteiger partial charge on any atom is -0.355 e. The summed E-state index contributed by atoms with van der Waals surface area (Å²) >= 11 is 0. The van der Waals surface area contributed by atoms with E-state index in [0.717, 1.165) is 36.4 Å². The van der Waals surface area contributed by atoms with E-state index < -0.39 is 9.84 Å². The Morgan fingerprint density at radius 3 is 2.95 bits per heavy atom. The third-order valence-corrected chi connectivity index (χ3v) is 6.23. The first kappa shape index (κ1) is 11.2. The first-order chi connectivity index (χ1) is 9.07. The van der Waals surface area contributed by atoms with E-state index >= 15 is 0 Å². The smallest absolute Gasteiger partial charge is 0.151 e. The molecule has 0 aliphatic carbocycles. The van der Waals surface area contributed by atoms with Crippen LogP contribution >= 0.6 is 0 Å². The molecule has 2 aromatic heterocycles. The zero-order valence-electron chi connectivity index (χ0n) is 10.3. The van der Waals surface area contributed by atoms with Gasteiger partial charge in [0.1, 0.15) is 17.8 Å². The number of aromatic amines is 1. The largest absolute Gasteiger partial charge is 0.355 e. The number of hydrogen-bond acceptors (Lipinski definition) is 5. The number of H-pyrrole nitrogens is 1. The zero-order valence-corrected chi connectivity index (χ0v) is 11.2. The van der Waals surface area contributed by atoms with Gasteiger partial charge in [0.2, 0.25) is 0 Å². The molecule has 19 heavy (non-hydrogen) atoms. The molecule has 2 aromatic rings. The normalized spacial score (nSPS) is 23.9. The molecule has 1 N–H and O–H groups in total. The summed E-state index contributed by atoms with van der Waals surface area (Å²) in [6.45, 7) is 1.65. The molecule has 0 bridgehead atoms. The summed E-state index contributed by atoms with van der Waals surface area (Å²) in [6.07, 6.45) is 4.33. The Bertz CT molecular complexity index is 740. The summed E-state index contributed by atoms with van der Waals surface area (Å²) in [5.41, 5.74) is 0.791. The molecule has 2 saturated heterocycles. The van der Waals surface area contributed by atoms with Gasteiger partial charge in [-0.15, -0.1) is 0 Å². The third-order valence-electron chi connectivity index (χ3n) is 4.12. The van der Waals surface area contributed by atoms with Gasteiger partial charge in [-0.1, -0.05) is 0 Å². The van der Waals surface area contributed by atoms with Crippen LogP contribution in [0.3, 0.4) is 0 Å². The second kappa shape index (κ2) is 3.47. The fourth-order valence-electron chi connectivity index (χ4n) is 3.35. The van der Waals surface area contributed by atoms with Crippen LogP contribution in [0.1, 0.15) is 6.42 Å². The average Bonchev–Trinajstić information content (AvgIpc) is 2.93. The van der Waals surface area contributed by atoms with E-state index in [-0.39, 0.29) is 5.41 Å². The number of sulfone groups is 1. The van der Waals surface area contributed by atoms with Crippen LogP contribution < -0.4 is 4.90 Å². The Morgan fingerprint density at radius 1 is 1.32 bits per heavy atom. The van der Waals surface area contributed by atoms with E-state index in [4.69, 9.17) is 0 Å². The Balaban J connectivity index is 1.67. The molecule has 2 fully saturated rings. The maximum atomic E-state index is 11.4. The highest BCUT2D eigenvalue weighted by Crippen LogP contribution is 2.43. The number of nitrogens with zero attached hydrogens (tertiary/aromatic N) is 3. The summed E-state index contributed by atoms with van der Waals surface area (Å²) in [5, 5.41) is 1.00. The van der Waals surface area contributed by atoms with Crippen LogP contribution in [0.2, 0.25) is 0 Å². The van der Waals surface area contributed by atoms with Gasteiger partial charge in [0, 0.05) is 24.7 Å². The van der Waals surface area contributed by atoms with Crippen LogP contribution in [0.25, 0.3) is 11.0 Å². The number of rotatable bonds is 1. The Kier molecular flexibility index (Phi) is 2.05. The van der Waals surface area contributed by atoms with E-state index in [1.807, 2.05) is 12.3 Å². The molecule has 0 aromatic carbocycles. The highest BCUT2D eigenvalue weighted by atomic mass is 32.2. The Hall–Kier alpha value is -1.63. The molecular formula is C12H14N4O2S. The van der Waals surface area contributed by atoms with Gasteiger partial charge in [0.15, 0.2) is 9.84 Å². The summed E-state index contributed by atoms with van der Waals surface area (Å²) in [7, 11) is -2.78. The first-order valence-corrected chi connectivity index (χ1v) is 8.13. The van der Waals surface area contributed by atoms with E-state index in [1.165, 1.54) is 0 Å². The molecule has 0 radical (unpaired) electrons. The predicted octanol–water partition coefficient (Wildman–Crippen LogP) is 0.583. The van der Waals surface area contributed by atoms with Gasteiger partial charge in [-0.05, 0) is 12.5 Å². The van der Waals surface area contributed by atoms with Gasteiger partial charge in [-0.3, -0.25) is 0 Å². The van der Waals surface area contributed by atoms with E-state index in [0.29, 0.717) is 11.5 Å². The predicted molar refractivity (Wildman–Crippen MR) is 71.8 cm³/mol. The fraction of sp³-hybridized carbons (Fsp3) is 0.500. The second-order valence-electron chi connectivity index (χ2n) is 5.64. The number of fused-ring (bicyclic) bond motifs is 1. The molecule has 0 unspecified atom stereocenters. The third kappa shape index (κ3) is 1.64.